The Morgan fingerprint density at radius 2 is 2.22 bits per heavy atom. The molecule has 1 saturated heterocycles. The number of aromatic nitrogens is 2. The first-order valence-corrected chi connectivity index (χ1v) is 7.79. The third-order valence-corrected chi connectivity index (χ3v) is 3.89. The number of hydrogen-bond donors (Lipinski definition) is 1. The van der Waals surface area contributed by atoms with E-state index in [1.807, 2.05) is 30.3 Å². The van der Waals surface area contributed by atoms with E-state index >= 15 is 0 Å². The van der Waals surface area contributed by atoms with Crippen molar-refractivity contribution in [1.82, 2.24) is 9.97 Å². The lowest BCUT2D eigenvalue weighted by Gasteiger charge is -2.18. The molecule has 0 unspecified atom stereocenters. The number of nitrogens with one attached hydrogen (secondary N) is 1. The zero-order valence-corrected chi connectivity index (χ0v) is 13.3. The normalized spacial score (nSPS) is 15.4. The summed E-state index contributed by atoms with van der Waals surface area (Å²) < 4.78 is 5.00. The number of amides is 1. The Balaban J connectivity index is 1.76. The van der Waals surface area contributed by atoms with E-state index in [1.54, 1.807) is 11.2 Å². The molecule has 0 radical (unpaired) electrons. The minimum atomic E-state index is -0.286. The lowest BCUT2D eigenvalue weighted by Crippen LogP contribution is -2.23. The number of aryl methyl sites for hydroxylation is 1. The van der Waals surface area contributed by atoms with E-state index in [0.29, 0.717) is 13.2 Å². The van der Waals surface area contributed by atoms with E-state index in [9.17, 15) is 4.79 Å². The van der Waals surface area contributed by atoms with Crippen LogP contribution in [0.4, 0.5) is 16.3 Å². The van der Waals surface area contributed by atoms with Gasteiger partial charge >= 0.3 is 6.09 Å². The molecule has 1 fully saturated rings. The predicted molar refractivity (Wildman–Crippen MR) is 88.6 cm³/mol. The standard InChI is InChI=1S/C17H20N4O2/c1-3-14-10-16(19-11-18-14)20-12(2)13-5-4-6-15(9-13)21-7-8-23-17(21)22/h4-6,9-12H,3,7-8H2,1-2H3,(H,18,19,20)/t12-/m1/s1. The van der Waals surface area contributed by atoms with E-state index in [0.717, 1.165) is 29.2 Å². The molecule has 2 heterocycles. The maximum absolute atomic E-state index is 11.7. The van der Waals surface area contributed by atoms with Crippen molar-refractivity contribution >= 4 is 17.6 Å². The van der Waals surface area contributed by atoms with Gasteiger partial charge < -0.3 is 10.1 Å². The van der Waals surface area contributed by atoms with Crippen molar-refractivity contribution < 1.29 is 9.53 Å². The van der Waals surface area contributed by atoms with Crippen molar-refractivity contribution in [2.45, 2.75) is 26.3 Å². The Morgan fingerprint density at radius 3 is 2.96 bits per heavy atom. The molecule has 2 aromatic rings. The molecule has 1 aliphatic rings. The van der Waals surface area contributed by atoms with Crippen LogP contribution in [0, 0.1) is 0 Å². The summed E-state index contributed by atoms with van der Waals surface area (Å²) >= 11 is 0. The Bertz CT molecular complexity index is 704. The molecule has 0 saturated carbocycles. The maximum atomic E-state index is 11.7. The number of ether oxygens (including phenoxy) is 1. The second kappa shape index (κ2) is 6.64. The van der Waals surface area contributed by atoms with Crippen molar-refractivity contribution in [2.75, 3.05) is 23.4 Å². The zero-order valence-electron chi connectivity index (χ0n) is 13.3. The van der Waals surface area contributed by atoms with Crippen LogP contribution in [0.2, 0.25) is 0 Å². The highest BCUT2D eigenvalue weighted by Gasteiger charge is 2.23. The quantitative estimate of drug-likeness (QED) is 0.918. The Hall–Kier alpha value is -2.63. The van der Waals surface area contributed by atoms with E-state index in [4.69, 9.17) is 4.74 Å². The summed E-state index contributed by atoms with van der Waals surface area (Å²) in [5, 5.41) is 3.38. The van der Waals surface area contributed by atoms with Crippen LogP contribution in [-0.4, -0.2) is 29.2 Å². The van der Waals surface area contributed by atoms with Gasteiger partial charge in [0, 0.05) is 17.4 Å². The third kappa shape index (κ3) is 3.41. The number of anilines is 2. The highest BCUT2D eigenvalue weighted by atomic mass is 16.6. The molecular formula is C17H20N4O2. The van der Waals surface area contributed by atoms with E-state index in [1.165, 1.54) is 0 Å². The number of rotatable bonds is 5. The van der Waals surface area contributed by atoms with Crippen molar-refractivity contribution in [3.8, 4) is 0 Å². The van der Waals surface area contributed by atoms with Crippen LogP contribution < -0.4 is 10.2 Å². The predicted octanol–water partition coefficient (Wildman–Crippen LogP) is 3.17. The van der Waals surface area contributed by atoms with Crippen LogP contribution in [0.3, 0.4) is 0 Å². The molecule has 0 aliphatic carbocycles. The zero-order chi connectivity index (χ0) is 16.2. The monoisotopic (exact) mass is 312 g/mol. The van der Waals surface area contributed by atoms with Gasteiger partial charge in [-0.05, 0) is 31.0 Å². The summed E-state index contributed by atoms with van der Waals surface area (Å²) in [7, 11) is 0. The second-order valence-electron chi connectivity index (χ2n) is 5.48. The Kier molecular flexibility index (Phi) is 4.41. The summed E-state index contributed by atoms with van der Waals surface area (Å²) in [6.45, 7) is 5.16. The second-order valence-corrected chi connectivity index (χ2v) is 5.48. The molecule has 6 heteroatoms. The SMILES string of the molecule is CCc1cc(N[C@H](C)c2cccc(N3CCOC3=O)c2)ncn1. The van der Waals surface area contributed by atoms with Crippen LogP contribution in [0.1, 0.15) is 31.1 Å². The summed E-state index contributed by atoms with van der Waals surface area (Å²) in [5.74, 6) is 0.801. The van der Waals surface area contributed by atoms with Gasteiger partial charge in [-0.2, -0.15) is 0 Å². The Morgan fingerprint density at radius 1 is 1.35 bits per heavy atom. The minimum absolute atomic E-state index is 0.0631. The number of benzene rings is 1. The molecule has 120 valence electrons. The average molecular weight is 312 g/mol. The first-order valence-electron chi connectivity index (χ1n) is 7.79. The van der Waals surface area contributed by atoms with Crippen molar-refractivity contribution in [1.29, 1.82) is 0 Å². The first kappa shape index (κ1) is 15.3. The number of carbonyl (C=O) groups excluding carboxylic acids is 1. The van der Waals surface area contributed by atoms with E-state index < -0.39 is 0 Å². The lowest BCUT2D eigenvalue weighted by atomic mass is 10.1. The van der Waals surface area contributed by atoms with Gasteiger partial charge in [0.25, 0.3) is 0 Å². The average Bonchev–Trinajstić information content (AvgIpc) is 3.01. The van der Waals surface area contributed by atoms with Gasteiger partial charge in [-0.3, -0.25) is 4.90 Å². The molecule has 23 heavy (non-hydrogen) atoms. The van der Waals surface area contributed by atoms with Gasteiger partial charge in [0.1, 0.15) is 18.8 Å². The third-order valence-electron chi connectivity index (χ3n) is 3.89. The molecule has 1 N–H and O–H groups in total. The molecular weight excluding hydrogens is 292 g/mol. The molecule has 1 amide bonds. The number of carbonyl (C=O) groups is 1. The summed E-state index contributed by atoms with van der Waals surface area (Å²) in [6, 6.07) is 9.93. The molecule has 1 aromatic carbocycles. The van der Waals surface area contributed by atoms with Crippen molar-refractivity contribution in [3.63, 3.8) is 0 Å². The first-order chi connectivity index (χ1) is 11.2. The molecule has 6 nitrogen and oxygen atoms in total. The van der Waals surface area contributed by atoms with E-state index in [-0.39, 0.29) is 12.1 Å². The van der Waals surface area contributed by atoms with Crippen LogP contribution in [0.15, 0.2) is 36.7 Å². The number of hydrogen-bond acceptors (Lipinski definition) is 5. The summed E-state index contributed by atoms with van der Waals surface area (Å²) in [6.07, 6.45) is 2.16. The number of cyclic esters (lactones) is 1. The molecule has 1 aliphatic heterocycles. The van der Waals surface area contributed by atoms with Gasteiger partial charge in [-0.15, -0.1) is 0 Å². The maximum Gasteiger partial charge on any atom is 0.414 e. The van der Waals surface area contributed by atoms with Gasteiger partial charge in [-0.25, -0.2) is 14.8 Å². The largest absolute Gasteiger partial charge is 0.447 e. The minimum Gasteiger partial charge on any atom is -0.447 e. The lowest BCUT2D eigenvalue weighted by molar-refractivity contribution is 0.181. The molecule has 1 atom stereocenters. The summed E-state index contributed by atoms with van der Waals surface area (Å²) in [4.78, 5) is 21.8. The fourth-order valence-corrected chi connectivity index (χ4v) is 2.57. The fourth-order valence-electron chi connectivity index (χ4n) is 2.57. The van der Waals surface area contributed by atoms with Crippen LogP contribution >= 0.6 is 0 Å². The smallest absolute Gasteiger partial charge is 0.414 e. The molecule has 0 spiro atoms. The fraction of sp³-hybridized carbons (Fsp3) is 0.353. The molecule has 0 bridgehead atoms. The van der Waals surface area contributed by atoms with Gasteiger partial charge in [-0.1, -0.05) is 19.1 Å². The highest BCUT2D eigenvalue weighted by molar-refractivity contribution is 5.89. The van der Waals surface area contributed by atoms with Crippen LogP contribution in [0.5, 0.6) is 0 Å². The van der Waals surface area contributed by atoms with Crippen molar-refractivity contribution in [2.24, 2.45) is 0 Å². The number of nitrogens with zero attached hydrogens (tertiary/aromatic N) is 3. The van der Waals surface area contributed by atoms with Gasteiger partial charge in [0.2, 0.25) is 0 Å². The van der Waals surface area contributed by atoms with Gasteiger partial charge in [0.05, 0.1) is 12.6 Å². The van der Waals surface area contributed by atoms with Gasteiger partial charge in [0.15, 0.2) is 0 Å². The summed E-state index contributed by atoms with van der Waals surface area (Å²) in [5.41, 5.74) is 2.94. The van der Waals surface area contributed by atoms with Crippen LogP contribution in [-0.2, 0) is 11.2 Å². The van der Waals surface area contributed by atoms with Crippen molar-refractivity contribution in [3.05, 3.63) is 47.9 Å². The van der Waals surface area contributed by atoms with E-state index in [2.05, 4.69) is 29.1 Å². The Labute approximate surface area is 135 Å². The topological polar surface area (TPSA) is 67.3 Å². The van der Waals surface area contributed by atoms with Crippen LogP contribution in [0.25, 0.3) is 0 Å². The molecule has 1 aromatic heterocycles. The molecule has 3 rings (SSSR count). The highest BCUT2D eigenvalue weighted by Crippen LogP contribution is 2.25.